The number of piperidine rings is 2. The predicted octanol–water partition coefficient (Wildman–Crippen LogP) is 7.00. The van der Waals surface area contributed by atoms with Crippen LogP contribution in [0, 0.1) is 0 Å². The minimum absolute atomic E-state index is 0.00377. The fourth-order valence-corrected chi connectivity index (χ4v) is 8.62. The summed E-state index contributed by atoms with van der Waals surface area (Å²) in [5.74, 6) is -0.850. The predicted molar refractivity (Wildman–Crippen MR) is 266 cm³/mol. The monoisotopic (exact) mass is 982 g/mol. The molecule has 360 valence electrons. The number of amides is 4. The van der Waals surface area contributed by atoms with Gasteiger partial charge in [-0.05, 0) is 113 Å². The molecule has 4 aromatic rings. The molecule has 0 unspecified atom stereocenters. The standard InChI is InChI=1S/C25H33N5O3.C20H22BrN3O3.C5H12N2/c1-27-13-15-28(16-14-27)22-7-6-8-23(17-22)30(25(32)29-11-4-3-5-12-29)19-21-10-9-20(18-26-21)24(31)33-2;1-27-19(25)15-8-9-17(22-13-15)14-24(18-7-5-6-16(21)12-18)20(26)23-10-3-2-4-11-23;1-7-4-2-6-3-5-7/h6-10,17-18H,3-5,11-16,19H2,1-2H3;5-9,12-13H,2-4,10-11,14H2,1H3;6H,2-5H2,1H3. The lowest BCUT2D eigenvalue weighted by atomic mass is 10.1. The highest BCUT2D eigenvalue weighted by Crippen LogP contribution is 2.28. The zero-order valence-corrected chi connectivity index (χ0v) is 41.2. The third kappa shape index (κ3) is 15.2. The molecule has 2 aromatic carbocycles. The van der Waals surface area contributed by atoms with Gasteiger partial charge < -0.3 is 39.3 Å². The molecule has 1 N–H and O–H groups in total. The number of carbonyl (C=O) groups is 4. The molecule has 0 aliphatic carbocycles. The number of halogens is 1. The number of likely N-dealkylation sites (N-methyl/N-ethyl adjacent to an activating group) is 2. The molecular formula is C50H67BrN10O6. The van der Waals surface area contributed by atoms with Crippen LogP contribution >= 0.6 is 15.9 Å². The Morgan fingerprint density at radius 3 is 1.46 bits per heavy atom. The number of benzene rings is 2. The lowest BCUT2D eigenvalue weighted by molar-refractivity contribution is 0.0591. The van der Waals surface area contributed by atoms with Crippen molar-refractivity contribution in [3.05, 3.63) is 112 Å². The van der Waals surface area contributed by atoms with Crippen molar-refractivity contribution in [2.75, 3.05) is 122 Å². The van der Waals surface area contributed by atoms with Crippen molar-refractivity contribution in [1.29, 1.82) is 0 Å². The summed E-state index contributed by atoms with van der Waals surface area (Å²) in [5.41, 5.74) is 5.00. The highest BCUT2D eigenvalue weighted by molar-refractivity contribution is 9.10. The minimum Gasteiger partial charge on any atom is -0.465 e. The quantitative estimate of drug-likeness (QED) is 0.172. The number of anilines is 3. The zero-order chi connectivity index (χ0) is 47.5. The second kappa shape index (κ2) is 26.1. The van der Waals surface area contributed by atoms with Crippen molar-refractivity contribution in [2.45, 2.75) is 51.6 Å². The molecule has 0 saturated carbocycles. The first-order valence-corrected chi connectivity index (χ1v) is 24.2. The average Bonchev–Trinajstić information content (AvgIpc) is 3.38. The number of ether oxygens (including phenoxy) is 2. The number of aromatic nitrogens is 2. The number of pyridine rings is 2. The van der Waals surface area contributed by atoms with Gasteiger partial charge in [-0.3, -0.25) is 19.8 Å². The van der Waals surface area contributed by atoms with Crippen LogP contribution in [-0.4, -0.2) is 160 Å². The Hall–Kier alpha value is -5.62. The van der Waals surface area contributed by atoms with Crippen LogP contribution in [-0.2, 0) is 22.6 Å². The summed E-state index contributed by atoms with van der Waals surface area (Å²) < 4.78 is 10.4. The summed E-state index contributed by atoms with van der Waals surface area (Å²) in [6.07, 6.45) is 9.45. The van der Waals surface area contributed by atoms with Crippen LogP contribution < -0.4 is 20.0 Å². The maximum absolute atomic E-state index is 13.6. The molecule has 4 aliphatic heterocycles. The van der Waals surface area contributed by atoms with Gasteiger partial charge in [0.2, 0.25) is 0 Å². The van der Waals surface area contributed by atoms with E-state index in [-0.39, 0.29) is 12.1 Å². The smallest absolute Gasteiger partial charge is 0.339 e. The van der Waals surface area contributed by atoms with Crippen molar-refractivity contribution in [2.24, 2.45) is 0 Å². The molecule has 17 heteroatoms. The van der Waals surface area contributed by atoms with E-state index in [1.165, 1.54) is 46.1 Å². The van der Waals surface area contributed by atoms with Crippen LogP contribution in [0.25, 0.3) is 0 Å². The minimum atomic E-state index is -0.428. The second-order valence-corrected chi connectivity index (χ2v) is 18.2. The molecule has 8 rings (SSSR count). The molecule has 0 atom stereocenters. The first-order chi connectivity index (χ1) is 32.5. The summed E-state index contributed by atoms with van der Waals surface area (Å²) >= 11 is 3.48. The van der Waals surface area contributed by atoms with Gasteiger partial charge in [-0.2, -0.15) is 0 Å². The molecule has 0 spiro atoms. The van der Waals surface area contributed by atoms with E-state index in [1.807, 2.05) is 51.1 Å². The Kier molecular flexibility index (Phi) is 19.8. The lowest BCUT2D eigenvalue weighted by Crippen LogP contribution is -2.46. The second-order valence-electron chi connectivity index (χ2n) is 17.2. The summed E-state index contributed by atoms with van der Waals surface area (Å²) in [7, 11) is 6.98. The molecule has 0 bridgehead atoms. The van der Waals surface area contributed by atoms with Crippen LogP contribution in [0.4, 0.5) is 26.7 Å². The number of nitrogens with one attached hydrogen (secondary N) is 1. The number of urea groups is 2. The highest BCUT2D eigenvalue weighted by Gasteiger charge is 2.27. The molecular weight excluding hydrogens is 917 g/mol. The number of methoxy groups -OCH3 is 2. The highest BCUT2D eigenvalue weighted by atomic mass is 79.9. The molecule has 67 heavy (non-hydrogen) atoms. The van der Waals surface area contributed by atoms with Crippen molar-refractivity contribution in [3.63, 3.8) is 0 Å². The Morgan fingerprint density at radius 2 is 1.04 bits per heavy atom. The number of nitrogens with zero attached hydrogens (tertiary/aromatic N) is 9. The van der Waals surface area contributed by atoms with Gasteiger partial charge in [0, 0.05) is 112 Å². The van der Waals surface area contributed by atoms with E-state index in [0.29, 0.717) is 29.9 Å². The van der Waals surface area contributed by atoms with Crippen LogP contribution in [0.5, 0.6) is 0 Å². The van der Waals surface area contributed by atoms with Crippen molar-refractivity contribution < 1.29 is 28.7 Å². The van der Waals surface area contributed by atoms with Gasteiger partial charge in [-0.15, -0.1) is 0 Å². The average molecular weight is 984 g/mol. The van der Waals surface area contributed by atoms with E-state index in [1.54, 1.807) is 29.2 Å². The van der Waals surface area contributed by atoms with E-state index < -0.39 is 11.9 Å². The number of esters is 2. The molecule has 0 radical (unpaired) electrons. The maximum Gasteiger partial charge on any atom is 0.339 e. The van der Waals surface area contributed by atoms with Gasteiger partial charge in [0.1, 0.15) is 0 Å². The van der Waals surface area contributed by atoms with Gasteiger partial charge in [0.05, 0.1) is 49.8 Å². The fourth-order valence-electron chi connectivity index (χ4n) is 8.23. The van der Waals surface area contributed by atoms with E-state index >= 15 is 0 Å². The van der Waals surface area contributed by atoms with Crippen LogP contribution in [0.3, 0.4) is 0 Å². The Labute approximate surface area is 404 Å². The first kappa shape index (κ1) is 50.8. The van der Waals surface area contributed by atoms with Crippen LogP contribution in [0.2, 0.25) is 0 Å². The number of carbonyl (C=O) groups excluding carboxylic acids is 4. The Balaban J connectivity index is 0.000000195. The normalized spacial score (nSPS) is 16.6. The SMILES string of the molecule is CN1CCNCC1.COC(=O)c1ccc(CN(C(=O)N2CCCCC2)c2cccc(Br)c2)nc1.COC(=O)c1ccc(CN(C(=O)N2CCCCC2)c2cccc(N3CCN(C)CC3)c2)nc1. The number of hydrogen-bond acceptors (Lipinski definition) is 12. The Morgan fingerprint density at radius 1 is 0.582 bits per heavy atom. The number of hydrogen-bond donors (Lipinski definition) is 1. The summed E-state index contributed by atoms with van der Waals surface area (Å²) in [5, 5.41) is 3.27. The van der Waals surface area contributed by atoms with Gasteiger partial charge >= 0.3 is 24.0 Å². The molecule has 4 saturated heterocycles. The molecule has 4 aliphatic rings. The van der Waals surface area contributed by atoms with Crippen molar-refractivity contribution in [3.8, 4) is 0 Å². The third-order valence-corrected chi connectivity index (χ3v) is 12.8. The van der Waals surface area contributed by atoms with Gasteiger partial charge in [0.25, 0.3) is 0 Å². The zero-order valence-electron chi connectivity index (χ0n) is 39.6. The van der Waals surface area contributed by atoms with E-state index in [4.69, 9.17) is 9.47 Å². The van der Waals surface area contributed by atoms with Crippen LogP contribution in [0.1, 0.15) is 70.6 Å². The van der Waals surface area contributed by atoms with E-state index in [0.717, 1.165) is 125 Å². The van der Waals surface area contributed by atoms with Crippen LogP contribution in [0.15, 0.2) is 89.7 Å². The molecule has 4 amide bonds. The largest absolute Gasteiger partial charge is 0.465 e. The fraction of sp³-hybridized carbons (Fsp3) is 0.480. The van der Waals surface area contributed by atoms with Crippen molar-refractivity contribution in [1.82, 2.24) is 34.9 Å². The third-order valence-electron chi connectivity index (χ3n) is 12.3. The summed E-state index contributed by atoms with van der Waals surface area (Å²) in [6, 6.07) is 22.8. The first-order valence-electron chi connectivity index (χ1n) is 23.4. The Bertz CT molecular complexity index is 2190. The number of piperazine rings is 2. The van der Waals surface area contributed by atoms with Gasteiger partial charge in [0.15, 0.2) is 0 Å². The maximum atomic E-state index is 13.6. The van der Waals surface area contributed by atoms with E-state index in [2.05, 4.69) is 72.1 Å². The number of rotatable bonds is 9. The molecule has 6 heterocycles. The molecule has 4 fully saturated rings. The van der Waals surface area contributed by atoms with Gasteiger partial charge in [-0.1, -0.05) is 28.1 Å². The van der Waals surface area contributed by atoms with E-state index in [9.17, 15) is 19.2 Å². The topological polar surface area (TPSA) is 147 Å². The summed E-state index contributed by atoms with van der Waals surface area (Å²) in [6.45, 7) is 12.5. The molecule has 16 nitrogen and oxygen atoms in total. The summed E-state index contributed by atoms with van der Waals surface area (Å²) in [4.78, 5) is 73.3. The number of likely N-dealkylation sites (tertiary alicyclic amines) is 2. The van der Waals surface area contributed by atoms with Crippen molar-refractivity contribution >= 4 is 57.0 Å². The van der Waals surface area contributed by atoms with Gasteiger partial charge in [-0.25, -0.2) is 19.2 Å². The lowest BCUT2D eigenvalue weighted by Gasteiger charge is -2.35. The molecule has 2 aromatic heterocycles.